The van der Waals surface area contributed by atoms with Crippen LogP contribution in [-0.4, -0.2) is 24.7 Å². The molecule has 0 saturated carbocycles. The van der Waals surface area contributed by atoms with Gasteiger partial charge in [0.15, 0.2) is 0 Å². The number of para-hydroxylation sites is 1. The highest BCUT2D eigenvalue weighted by Gasteiger charge is 2.15. The quantitative estimate of drug-likeness (QED) is 0.747. The van der Waals surface area contributed by atoms with Gasteiger partial charge in [-0.05, 0) is 23.8 Å². The van der Waals surface area contributed by atoms with E-state index in [0.717, 1.165) is 42.1 Å². The molecular formula is C19H18ClN3O. The highest BCUT2D eigenvalue weighted by atomic mass is 35.5. The van der Waals surface area contributed by atoms with E-state index in [1.807, 2.05) is 42.5 Å². The van der Waals surface area contributed by atoms with E-state index in [1.165, 1.54) is 5.56 Å². The Morgan fingerprint density at radius 2 is 1.96 bits per heavy atom. The fraction of sp³-hybridized carbons (Fsp3) is 0.211. The Balaban J connectivity index is 1.54. The second-order valence-corrected chi connectivity index (χ2v) is 6.22. The number of hydrogen-bond donors (Lipinski definition) is 2. The number of anilines is 2. The van der Waals surface area contributed by atoms with Crippen LogP contribution >= 0.6 is 11.6 Å². The minimum Gasteiger partial charge on any atom is -0.371 e. The summed E-state index contributed by atoms with van der Waals surface area (Å²) < 4.78 is 5.77. The number of fused-ring (bicyclic) bond motifs is 1. The van der Waals surface area contributed by atoms with Gasteiger partial charge < -0.3 is 15.4 Å². The molecule has 0 aliphatic carbocycles. The molecule has 4 rings (SSSR count). The van der Waals surface area contributed by atoms with Crippen LogP contribution in [0.2, 0.25) is 5.02 Å². The van der Waals surface area contributed by atoms with E-state index in [2.05, 4.69) is 27.8 Å². The van der Waals surface area contributed by atoms with Crippen LogP contribution in [0.5, 0.6) is 0 Å². The monoisotopic (exact) mass is 339 g/mol. The molecule has 1 aliphatic heterocycles. The highest BCUT2D eigenvalue weighted by Crippen LogP contribution is 2.27. The molecule has 122 valence electrons. The highest BCUT2D eigenvalue weighted by molar-refractivity contribution is 6.35. The molecule has 0 bridgehead atoms. The van der Waals surface area contributed by atoms with Gasteiger partial charge in [-0.15, -0.1) is 0 Å². The Morgan fingerprint density at radius 3 is 2.75 bits per heavy atom. The molecule has 1 atom stereocenters. The normalized spacial score (nSPS) is 17.8. The molecule has 5 heteroatoms. The SMILES string of the molecule is Clc1cc(Nc2ccc(C3CNCCO3)cc2)nc2ccccc12. The van der Waals surface area contributed by atoms with Crippen molar-refractivity contribution in [2.45, 2.75) is 6.10 Å². The first-order valence-corrected chi connectivity index (χ1v) is 8.42. The summed E-state index contributed by atoms with van der Waals surface area (Å²) in [5, 5.41) is 8.32. The molecule has 1 fully saturated rings. The van der Waals surface area contributed by atoms with Gasteiger partial charge in [0, 0.05) is 30.2 Å². The van der Waals surface area contributed by atoms with E-state index >= 15 is 0 Å². The summed E-state index contributed by atoms with van der Waals surface area (Å²) >= 11 is 6.35. The number of rotatable bonds is 3. The summed E-state index contributed by atoms with van der Waals surface area (Å²) in [5.41, 5.74) is 3.03. The number of morpholine rings is 1. The number of nitrogens with zero attached hydrogens (tertiary/aromatic N) is 1. The molecule has 1 unspecified atom stereocenters. The molecular weight excluding hydrogens is 322 g/mol. The van der Waals surface area contributed by atoms with Crippen LogP contribution in [-0.2, 0) is 4.74 Å². The summed E-state index contributed by atoms with van der Waals surface area (Å²) in [4.78, 5) is 4.61. The molecule has 2 heterocycles. The van der Waals surface area contributed by atoms with Crippen LogP contribution in [0.15, 0.2) is 54.6 Å². The van der Waals surface area contributed by atoms with Crippen LogP contribution in [0, 0.1) is 0 Å². The van der Waals surface area contributed by atoms with Gasteiger partial charge in [-0.1, -0.05) is 41.9 Å². The van der Waals surface area contributed by atoms with Crippen LogP contribution in [0.1, 0.15) is 11.7 Å². The van der Waals surface area contributed by atoms with Crippen LogP contribution < -0.4 is 10.6 Å². The van der Waals surface area contributed by atoms with Gasteiger partial charge in [0.2, 0.25) is 0 Å². The zero-order chi connectivity index (χ0) is 16.4. The topological polar surface area (TPSA) is 46.2 Å². The molecule has 24 heavy (non-hydrogen) atoms. The van der Waals surface area contributed by atoms with Crippen molar-refractivity contribution in [3.05, 3.63) is 65.2 Å². The largest absolute Gasteiger partial charge is 0.371 e. The molecule has 1 saturated heterocycles. The summed E-state index contributed by atoms with van der Waals surface area (Å²) in [5.74, 6) is 0.738. The maximum absolute atomic E-state index is 6.35. The molecule has 2 aromatic carbocycles. The third-order valence-corrected chi connectivity index (χ3v) is 4.46. The molecule has 4 nitrogen and oxygen atoms in total. The van der Waals surface area contributed by atoms with E-state index < -0.39 is 0 Å². The molecule has 1 aromatic heterocycles. The number of halogens is 1. The lowest BCUT2D eigenvalue weighted by molar-refractivity contribution is 0.0277. The number of ether oxygens (including phenoxy) is 1. The summed E-state index contributed by atoms with van der Waals surface area (Å²) in [7, 11) is 0. The van der Waals surface area contributed by atoms with Gasteiger partial charge in [-0.2, -0.15) is 0 Å². The van der Waals surface area contributed by atoms with Crippen LogP contribution in [0.4, 0.5) is 11.5 Å². The zero-order valence-corrected chi connectivity index (χ0v) is 13.9. The maximum Gasteiger partial charge on any atom is 0.132 e. The fourth-order valence-corrected chi connectivity index (χ4v) is 3.17. The predicted octanol–water partition coefficient (Wildman–Crippen LogP) is 4.29. The number of pyridine rings is 1. The minimum absolute atomic E-state index is 0.126. The predicted molar refractivity (Wildman–Crippen MR) is 98.0 cm³/mol. The van der Waals surface area contributed by atoms with Gasteiger partial charge >= 0.3 is 0 Å². The zero-order valence-electron chi connectivity index (χ0n) is 13.1. The summed E-state index contributed by atoms with van der Waals surface area (Å²) in [6.45, 7) is 2.53. The number of nitrogens with one attached hydrogen (secondary N) is 2. The first kappa shape index (κ1) is 15.4. The fourth-order valence-electron chi connectivity index (χ4n) is 2.91. The van der Waals surface area contributed by atoms with Crippen molar-refractivity contribution in [2.24, 2.45) is 0 Å². The Kier molecular flexibility index (Phi) is 4.34. The van der Waals surface area contributed by atoms with Gasteiger partial charge in [-0.25, -0.2) is 4.98 Å². The van der Waals surface area contributed by atoms with Gasteiger partial charge in [0.25, 0.3) is 0 Å². The van der Waals surface area contributed by atoms with E-state index in [4.69, 9.17) is 16.3 Å². The third kappa shape index (κ3) is 3.22. The van der Waals surface area contributed by atoms with Gasteiger partial charge in [-0.3, -0.25) is 0 Å². The second-order valence-electron chi connectivity index (χ2n) is 5.82. The van der Waals surface area contributed by atoms with Crippen molar-refractivity contribution in [2.75, 3.05) is 25.0 Å². The first-order chi connectivity index (χ1) is 11.8. The summed E-state index contributed by atoms with van der Waals surface area (Å²) in [6.07, 6.45) is 0.126. The third-order valence-electron chi connectivity index (χ3n) is 4.15. The van der Waals surface area contributed by atoms with E-state index in [0.29, 0.717) is 5.02 Å². The number of aromatic nitrogens is 1. The van der Waals surface area contributed by atoms with Crippen molar-refractivity contribution >= 4 is 34.0 Å². The molecule has 0 amide bonds. The Morgan fingerprint density at radius 1 is 1.12 bits per heavy atom. The van der Waals surface area contributed by atoms with E-state index in [-0.39, 0.29) is 6.10 Å². The van der Waals surface area contributed by atoms with Gasteiger partial charge in [0.1, 0.15) is 5.82 Å². The number of hydrogen-bond acceptors (Lipinski definition) is 4. The first-order valence-electron chi connectivity index (χ1n) is 8.04. The Bertz CT molecular complexity index is 845. The van der Waals surface area contributed by atoms with Crippen molar-refractivity contribution in [1.82, 2.24) is 10.3 Å². The minimum atomic E-state index is 0.126. The smallest absolute Gasteiger partial charge is 0.132 e. The Labute approximate surface area is 145 Å². The Hall–Kier alpha value is -2.14. The second kappa shape index (κ2) is 6.77. The van der Waals surface area contributed by atoms with Crippen LogP contribution in [0.3, 0.4) is 0 Å². The molecule has 3 aromatic rings. The summed E-state index contributed by atoms with van der Waals surface area (Å²) in [6, 6.07) is 18.0. The van der Waals surface area contributed by atoms with Crippen molar-refractivity contribution in [3.63, 3.8) is 0 Å². The lowest BCUT2D eigenvalue weighted by atomic mass is 10.1. The maximum atomic E-state index is 6.35. The lowest BCUT2D eigenvalue weighted by Crippen LogP contribution is -2.33. The van der Waals surface area contributed by atoms with E-state index in [1.54, 1.807) is 0 Å². The molecule has 0 spiro atoms. The van der Waals surface area contributed by atoms with Crippen molar-refractivity contribution in [3.8, 4) is 0 Å². The molecule has 2 N–H and O–H groups in total. The van der Waals surface area contributed by atoms with Gasteiger partial charge in [0.05, 0.1) is 23.3 Å². The van der Waals surface area contributed by atoms with Crippen LogP contribution in [0.25, 0.3) is 10.9 Å². The van der Waals surface area contributed by atoms with Crippen molar-refractivity contribution in [1.29, 1.82) is 0 Å². The standard InChI is InChI=1S/C19H18ClN3O/c20-16-11-19(23-17-4-2-1-3-15(16)17)22-14-7-5-13(6-8-14)18-12-21-9-10-24-18/h1-8,11,18,21H,9-10,12H2,(H,22,23). The lowest BCUT2D eigenvalue weighted by Gasteiger charge is -2.24. The van der Waals surface area contributed by atoms with Crippen molar-refractivity contribution < 1.29 is 4.74 Å². The molecule has 0 radical (unpaired) electrons. The number of benzene rings is 2. The average molecular weight is 340 g/mol. The average Bonchev–Trinajstić information content (AvgIpc) is 2.63. The van der Waals surface area contributed by atoms with E-state index in [9.17, 15) is 0 Å². The molecule has 1 aliphatic rings.